The third-order valence-electron chi connectivity index (χ3n) is 3.26. The van der Waals surface area contributed by atoms with Gasteiger partial charge in [-0.3, -0.25) is 4.79 Å². The minimum absolute atomic E-state index is 0.247. The van der Waals surface area contributed by atoms with Gasteiger partial charge >= 0.3 is 0 Å². The van der Waals surface area contributed by atoms with Crippen LogP contribution in [0.4, 0.5) is 0 Å². The van der Waals surface area contributed by atoms with Crippen LogP contribution in [0, 0.1) is 6.92 Å². The average Bonchev–Trinajstić information content (AvgIpc) is 2.48. The zero-order valence-electron chi connectivity index (χ0n) is 11.5. The van der Waals surface area contributed by atoms with Crippen molar-refractivity contribution in [1.29, 1.82) is 0 Å². The van der Waals surface area contributed by atoms with Gasteiger partial charge in [0.05, 0.1) is 0 Å². The molecule has 2 aromatic carbocycles. The molecule has 0 saturated carbocycles. The van der Waals surface area contributed by atoms with E-state index in [1.807, 2.05) is 37.3 Å². The lowest BCUT2D eigenvalue weighted by Crippen LogP contribution is -2.20. The van der Waals surface area contributed by atoms with Crippen molar-refractivity contribution in [3.05, 3.63) is 77.9 Å². The van der Waals surface area contributed by atoms with Crippen molar-refractivity contribution in [3.63, 3.8) is 0 Å². The molecule has 0 amide bonds. The van der Waals surface area contributed by atoms with Crippen LogP contribution in [0.25, 0.3) is 5.57 Å². The van der Waals surface area contributed by atoms with E-state index in [0.717, 1.165) is 11.1 Å². The molecule has 0 radical (unpaired) electrons. The summed E-state index contributed by atoms with van der Waals surface area (Å²) in [5, 5.41) is 10.0. The molecule has 0 heterocycles. The Balaban J connectivity index is 2.04. The summed E-state index contributed by atoms with van der Waals surface area (Å²) >= 11 is 0. The molecule has 0 fully saturated rings. The molecule has 0 aliphatic carbocycles. The van der Waals surface area contributed by atoms with Crippen molar-refractivity contribution in [2.45, 2.75) is 19.4 Å². The second-order valence-corrected chi connectivity index (χ2v) is 4.92. The molecule has 2 heteroatoms. The highest BCUT2D eigenvalue weighted by atomic mass is 16.3. The van der Waals surface area contributed by atoms with E-state index in [4.69, 9.17) is 0 Å². The predicted octanol–water partition coefficient (Wildman–Crippen LogP) is 3.64. The number of aryl methyl sites for hydroxylation is 1. The second kappa shape index (κ2) is 6.31. The van der Waals surface area contributed by atoms with Crippen LogP contribution in [-0.4, -0.2) is 17.0 Å². The van der Waals surface area contributed by atoms with Gasteiger partial charge in [-0.05, 0) is 18.1 Å². The van der Waals surface area contributed by atoms with Crippen LogP contribution in [0.3, 0.4) is 0 Å². The molecule has 1 N–H and O–H groups in total. The van der Waals surface area contributed by atoms with E-state index in [2.05, 4.69) is 6.58 Å². The van der Waals surface area contributed by atoms with Gasteiger partial charge in [-0.2, -0.15) is 0 Å². The van der Waals surface area contributed by atoms with Gasteiger partial charge in [0, 0.05) is 12.0 Å². The summed E-state index contributed by atoms with van der Waals surface area (Å²) in [4.78, 5) is 12.1. The largest absolute Gasteiger partial charge is 0.385 e. The van der Waals surface area contributed by atoms with Gasteiger partial charge < -0.3 is 5.11 Å². The fourth-order valence-corrected chi connectivity index (χ4v) is 2.03. The van der Waals surface area contributed by atoms with Crippen molar-refractivity contribution >= 4 is 11.4 Å². The molecular formula is C18H18O2. The van der Waals surface area contributed by atoms with E-state index < -0.39 is 6.10 Å². The number of ketones is 1. The molecule has 0 spiro atoms. The molecule has 20 heavy (non-hydrogen) atoms. The molecule has 102 valence electrons. The lowest BCUT2D eigenvalue weighted by atomic mass is 9.96. The summed E-state index contributed by atoms with van der Waals surface area (Å²) in [5.74, 6) is -0.265. The smallest absolute Gasteiger partial charge is 0.191 e. The Kier molecular flexibility index (Phi) is 4.49. The topological polar surface area (TPSA) is 37.3 Å². The zero-order valence-corrected chi connectivity index (χ0v) is 11.5. The number of hydrogen-bond donors (Lipinski definition) is 1. The van der Waals surface area contributed by atoms with Crippen LogP contribution in [0.15, 0.2) is 61.2 Å². The van der Waals surface area contributed by atoms with Crippen molar-refractivity contribution in [2.75, 3.05) is 0 Å². The van der Waals surface area contributed by atoms with Crippen LogP contribution >= 0.6 is 0 Å². The minimum atomic E-state index is -1.05. The number of hydrogen-bond acceptors (Lipinski definition) is 2. The first kappa shape index (κ1) is 14.2. The summed E-state index contributed by atoms with van der Waals surface area (Å²) < 4.78 is 0. The van der Waals surface area contributed by atoms with Crippen molar-refractivity contribution in [3.8, 4) is 0 Å². The Labute approximate surface area is 119 Å². The molecule has 0 saturated heterocycles. The maximum Gasteiger partial charge on any atom is 0.191 e. The van der Waals surface area contributed by atoms with Crippen LogP contribution in [0.1, 0.15) is 27.9 Å². The fraction of sp³-hybridized carbons (Fsp3) is 0.167. The molecule has 0 aromatic heterocycles. The molecule has 2 nitrogen and oxygen atoms in total. The number of aliphatic hydroxyl groups is 1. The standard InChI is InChI=1S/C18H18O2/c1-13-8-10-15(11-9-13)14(2)12-17(19)18(20)16-6-4-3-5-7-16/h3-11,17,19H,2,12H2,1H3. The number of carbonyl (C=O) groups is 1. The van der Waals surface area contributed by atoms with E-state index >= 15 is 0 Å². The first-order valence-electron chi connectivity index (χ1n) is 6.60. The predicted molar refractivity (Wildman–Crippen MR) is 81.6 cm³/mol. The van der Waals surface area contributed by atoms with Gasteiger partial charge in [0.1, 0.15) is 6.10 Å². The van der Waals surface area contributed by atoms with E-state index in [1.54, 1.807) is 24.3 Å². The van der Waals surface area contributed by atoms with Gasteiger partial charge in [0.25, 0.3) is 0 Å². The molecule has 0 aliphatic rings. The lowest BCUT2D eigenvalue weighted by Gasteiger charge is -2.12. The zero-order chi connectivity index (χ0) is 14.5. The van der Waals surface area contributed by atoms with Crippen LogP contribution < -0.4 is 0 Å². The van der Waals surface area contributed by atoms with E-state index in [-0.39, 0.29) is 12.2 Å². The number of aliphatic hydroxyl groups excluding tert-OH is 1. The first-order valence-corrected chi connectivity index (χ1v) is 6.60. The number of Topliss-reactive ketones (excluding diaryl/α,β-unsaturated/α-hetero) is 1. The summed E-state index contributed by atoms with van der Waals surface area (Å²) in [7, 11) is 0. The van der Waals surface area contributed by atoms with Gasteiger partial charge in [0.2, 0.25) is 0 Å². The Morgan fingerprint density at radius 3 is 2.25 bits per heavy atom. The summed E-state index contributed by atoms with van der Waals surface area (Å²) in [6.45, 7) is 5.97. The minimum Gasteiger partial charge on any atom is -0.385 e. The van der Waals surface area contributed by atoms with E-state index in [9.17, 15) is 9.90 Å². The maximum atomic E-state index is 12.1. The Morgan fingerprint density at radius 1 is 1.05 bits per heavy atom. The monoisotopic (exact) mass is 266 g/mol. The summed E-state index contributed by atoms with van der Waals surface area (Å²) in [6, 6.07) is 16.7. The van der Waals surface area contributed by atoms with Crippen molar-refractivity contribution in [1.82, 2.24) is 0 Å². The van der Waals surface area contributed by atoms with E-state index in [1.165, 1.54) is 5.56 Å². The summed E-state index contributed by atoms with van der Waals surface area (Å²) in [5.41, 5.74) is 3.41. The molecule has 0 bridgehead atoms. The third-order valence-corrected chi connectivity index (χ3v) is 3.26. The van der Waals surface area contributed by atoms with Gasteiger partial charge in [-0.15, -0.1) is 0 Å². The van der Waals surface area contributed by atoms with Gasteiger partial charge in [0.15, 0.2) is 5.78 Å². The van der Waals surface area contributed by atoms with Crippen molar-refractivity contribution < 1.29 is 9.90 Å². The molecule has 1 atom stereocenters. The third kappa shape index (κ3) is 3.43. The quantitative estimate of drug-likeness (QED) is 0.839. The Morgan fingerprint density at radius 2 is 1.65 bits per heavy atom. The SMILES string of the molecule is C=C(CC(O)C(=O)c1ccccc1)c1ccc(C)cc1. The number of rotatable bonds is 5. The normalized spacial score (nSPS) is 11.9. The molecule has 2 aromatic rings. The second-order valence-electron chi connectivity index (χ2n) is 4.92. The highest BCUT2D eigenvalue weighted by Crippen LogP contribution is 2.20. The molecule has 1 unspecified atom stereocenters. The van der Waals surface area contributed by atoms with Gasteiger partial charge in [-0.1, -0.05) is 66.7 Å². The van der Waals surface area contributed by atoms with Crippen LogP contribution in [0.5, 0.6) is 0 Å². The fourth-order valence-electron chi connectivity index (χ4n) is 2.03. The lowest BCUT2D eigenvalue weighted by molar-refractivity contribution is 0.0757. The highest BCUT2D eigenvalue weighted by molar-refractivity contribution is 6.00. The average molecular weight is 266 g/mol. The molecule has 2 rings (SSSR count). The van der Waals surface area contributed by atoms with Crippen LogP contribution in [-0.2, 0) is 0 Å². The number of benzene rings is 2. The molecular weight excluding hydrogens is 248 g/mol. The van der Waals surface area contributed by atoms with Crippen LogP contribution in [0.2, 0.25) is 0 Å². The summed E-state index contributed by atoms with van der Waals surface area (Å²) in [6.07, 6.45) is -0.803. The Hall–Kier alpha value is -2.19. The number of carbonyl (C=O) groups excluding carboxylic acids is 1. The maximum absolute atomic E-state index is 12.1. The van der Waals surface area contributed by atoms with Crippen molar-refractivity contribution in [2.24, 2.45) is 0 Å². The van der Waals surface area contributed by atoms with Gasteiger partial charge in [-0.25, -0.2) is 0 Å². The Bertz CT molecular complexity index is 597. The molecule has 0 aliphatic heterocycles. The highest BCUT2D eigenvalue weighted by Gasteiger charge is 2.18. The van der Waals surface area contributed by atoms with E-state index in [0.29, 0.717) is 5.56 Å². The first-order chi connectivity index (χ1) is 9.58.